The second-order valence-electron chi connectivity index (χ2n) is 14.6. The van der Waals surface area contributed by atoms with Crippen LogP contribution in [0, 0.1) is 20.8 Å². The van der Waals surface area contributed by atoms with Crippen molar-refractivity contribution >= 4 is 26.1 Å². The number of piperazine rings is 1. The van der Waals surface area contributed by atoms with Gasteiger partial charge in [-0.25, -0.2) is 0 Å². The van der Waals surface area contributed by atoms with Crippen LogP contribution in [-0.4, -0.2) is 64.8 Å². The lowest BCUT2D eigenvalue weighted by Crippen LogP contribution is -2.42. The number of rotatable bonds is 11. The number of hydrogen-bond donors (Lipinski definition) is 1. The van der Waals surface area contributed by atoms with Gasteiger partial charge < -0.3 is 23.3 Å². The Morgan fingerprint density at radius 2 is 1.30 bits per heavy atom. The Labute approximate surface area is 318 Å². The lowest BCUT2D eigenvalue weighted by Gasteiger charge is -2.28. The van der Waals surface area contributed by atoms with Crippen molar-refractivity contribution in [1.82, 2.24) is 15.1 Å². The van der Waals surface area contributed by atoms with Crippen LogP contribution in [0.4, 0.5) is 0 Å². The van der Waals surface area contributed by atoms with Crippen molar-refractivity contribution in [1.29, 1.82) is 0 Å². The standard InChI is InChI=1S/C41H47N3O8S2/c1-28-9-15-35(16-10-28)53(46,47)51-37-24-38(52-54(48,49)36-17-11-29(2)12-18-36)39(40(30(37)3)50-34-7-5-4-6-8-34)41(45)44-26-32-14-13-31(23-33(32)27-44)25-43-21-19-42-20-22-43/h9-18,23-24,34,42H,4-8,19-22,25-27H2,1-3H3. The highest BCUT2D eigenvalue weighted by Gasteiger charge is 2.35. The molecule has 1 N–H and O–H groups in total. The first-order valence-electron chi connectivity index (χ1n) is 18.6. The normalized spacial score (nSPS) is 16.9. The van der Waals surface area contributed by atoms with E-state index in [1.54, 1.807) is 36.1 Å². The smallest absolute Gasteiger partial charge is 0.339 e. The van der Waals surface area contributed by atoms with E-state index in [2.05, 4.69) is 28.4 Å². The predicted molar refractivity (Wildman–Crippen MR) is 205 cm³/mol. The Morgan fingerprint density at radius 3 is 1.91 bits per heavy atom. The van der Waals surface area contributed by atoms with Gasteiger partial charge in [0, 0.05) is 57.4 Å². The first-order chi connectivity index (χ1) is 25.9. The monoisotopic (exact) mass is 773 g/mol. The maximum Gasteiger partial charge on any atom is 0.339 e. The second kappa shape index (κ2) is 15.7. The molecule has 1 aliphatic carbocycles. The summed E-state index contributed by atoms with van der Waals surface area (Å²) in [5.41, 5.74) is 5.04. The van der Waals surface area contributed by atoms with Gasteiger partial charge in [0.05, 0.1) is 6.10 Å². The van der Waals surface area contributed by atoms with Crippen LogP contribution in [0.2, 0.25) is 0 Å². The fourth-order valence-electron chi connectivity index (χ4n) is 7.28. The Bertz CT molecular complexity index is 2230. The van der Waals surface area contributed by atoms with E-state index in [9.17, 15) is 21.6 Å². The number of nitrogens with one attached hydrogen (secondary N) is 1. The molecule has 2 fully saturated rings. The van der Waals surface area contributed by atoms with Gasteiger partial charge in [-0.05, 0) is 87.4 Å². The molecule has 4 aromatic rings. The lowest BCUT2D eigenvalue weighted by atomic mass is 9.97. The van der Waals surface area contributed by atoms with Crippen molar-refractivity contribution in [2.75, 3.05) is 26.2 Å². The number of benzene rings is 4. The van der Waals surface area contributed by atoms with Crippen LogP contribution in [-0.2, 0) is 39.9 Å². The number of carbonyl (C=O) groups excluding carboxylic acids is 1. The Hall–Kier alpha value is -4.43. The van der Waals surface area contributed by atoms with Gasteiger partial charge in [-0.15, -0.1) is 0 Å². The van der Waals surface area contributed by atoms with Gasteiger partial charge in [-0.1, -0.05) is 60.0 Å². The van der Waals surface area contributed by atoms with Gasteiger partial charge >= 0.3 is 20.2 Å². The minimum atomic E-state index is -4.50. The highest BCUT2D eigenvalue weighted by Crippen LogP contribution is 2.44. The summed E-state index contributed by atoms with van der Waals surface area (Å²) in [6.07, 6.45) is 4.07. The predicted octanol–water partition coefficient (Wildman–Crippen LogP) is 6.42. The Balaban J connectivity index is 1.30. The van der Waals surface area contributed by atoms with E-state index in [4.69, 9.17) is 13.1 Å². The molecule has 1 saturated carbocycles. The quantitative estimate of drug-likeness (QED) is 0.171. The molecular formula is C41H47N3O8S2. The molecule has 286 valence electrons. The molecule has 11 nitrogen and oxygen atoms in total. The number of nitrogens with zero attached hydrogens (tertiary/aromatic N) is 2. The van der Waals surface area contributed by atoms with Crippen molar-refractivity contribution in [2.24, 2.45) is 0 Å². The van der Waals surface area contributed by atoms with Crippen LogP contribution < -0.4 is 18.4 Å². The number of carbonyl (C=O) groups is 1. The minimum absolute atomic E-state index is 0.0490. The van der Waals surface area contributed by atoms with Crippen LogP contribution in [0.25, 0.3) is 0 Å². The minimum Gasteiger partial charge on any atom is -0.489 e. The van der Waals surface area contributed by atoms with E-state index in [0.717, 1.165) is 92.6 Å². The number of hydrogen-bond acceptors (Lipinski definition) is 10. The molecule has 54 heavy (non-hydrogen) atoms. The van der Waals surface area contributed by atoms with E-state index in [1.807, 2.05) is 13.8 Å². The van der Waals surface area contributed by atoms with Crippen LogP contribution in [0.5, 0.6) is 17.2 Å². The topological polar surface area (TPSA) is 132 Å². The number of ether oxygens (including phenoxy) is 1. The van der Waals surface area contributed by atoms with Gasteiger partial charge in [0.1, 0.15) is 21.1 Å². The molecule has 2 aliphatic heterocycles. The summed E-state index contributed by atoms with van der Waals surface area (Å²) in [6.45, 7) is 10.5. The number of fused-ring (bicyclic) bond motifs is 1. The molecule has 13 heteroatoms. The molecule has 4 aromatic carbocycles. The lowest BCUT2D eigenvalue weighted by molar-refractivity contribution is 0.0737. The molecule has 0 unspecified atom stereocenters. The zero-order valence-electron chi connectivity index (χ0n) is 31.0. The maximum absolute atomic E-state index is 14.9. The van der Waals surface area contributed by atoms with Gasteiger partial charge in [0.2, 0.25) is 0 Å². The van der Waals surface area contributed by atoms with E-state index >= 15 is 0 Å². The Kier molecular flexibility index (Phi) is 11.0. The molecule has 7 rings (SSSR count). The second-order valence-corrected chi connectivity index (χ2v) is 17.7. The van der Waals surface area contributed by atoms with Gasteiger partial charge in [-0.3, -0.25) is 9.69 Å². The molecule has 2 heterocycles. The summed E-state index contributed by atoms with van der Waals surface area (Å²) in [7, 11) is -8.89. The number of amides is 1. The first kappa shape index (κ1) is 37.9. The highest BCUT2D eigenvalue weighted by molar-refractivity contribution is 7.87. The summed E-state index contributed by atoms with van der Waals surface area (Å²) in [4.78, 5) is 18.7. The van der Waals surface area contributed by atoms with Crippen molar-refractivity contribution < 1.29 is 34.7 Å². The highest BCUT2D eigenvalue weighted by atomic mass is 32.2. The van der Waals surface area contributed by atoms with Crippen LogP contribution in [0.15, 0.2) is 82.6 Å². The molecular weight excluding hydrogens is 727 g/mol. The molecule has 1 amide bonds. The molecule has 0 radical (unpaired) electrons. The van der Waals surface area contributed by atoms with Gasteiger partial charge in [-0.2, -0.15) is 16.8 Å². The van der Waals surface area contributed by atoms with Crippen molar-refractivity contribution in [3.8, 4) is 17.2 Å². The number of aryl methyl sites for hydroxylation is 2. The summed E-state index contributed by atoms with van der Waals surface area (Å²) in [5, 5.41) is 3.38. The molecule has 1 saturated heterocycles. The average molecular weight is 774 g/mol. The summed E-state index contributed by atoms with van der Waals surface area (Å²) >= 11 is 0. The summed E-state index contributed by atoms with van der Waals surface area (Å²) in [5.74, 6) is -1.02. The third-order valence-corrected chi connectivity index (χ3v) is 12.9. The SMILES string of the molecule is Cc1ccc(S(=O)(=O)Oc2cc(OS(=O)(=O)c3ccc(C)cc3)c(C(=O)N3Cc4ccc(CN5CCNCC5)cc4C3)c(OC3CCCCC3)c2C)cc1. The Morgan fingerprint density at radius 1 is 0.722 bits per heavy atom. The van der Waals surface area contributed by atoms with E-state index in [1.165, 1.54) is 30.3 Å². The molecule has 0 bridgehead atoms. The zero-order valence-corrected chi connectivity index (χ0v) is 32.6. The first-order valence-corrected chi connectivity index (χ1v) is 21.4. The fraction of sp³-hybridized carbons (Fsp3) is 0.390. The van der Waals surface area contributed by atoms with Crippen LogP contribution >= 0.6 is 0 Å². The summed E-state index contributed by atoms with van der Waals surface area (Å²) in [6, 6.07) is 19.8. The third-order valence-electron chi connectivity index (χ3n) is 10.4. The van der Waals surface area contributed by atoms with E-state index in [0.29, 0.717) is 13.1 Å². The van der Waals surface area contributed by atoms with Crippen LogP contribution in [0.3, 0.4) is 0 Å². The van der Waals surface area contributed by atoms with Gasteiger partial charge in [0.25, 0.3) is 5.91 Å². The van der Waals surface area contributed by atoms with E-state index in [-0.39, 0.29) is 44.3 Å². The molecule has 3 aliphatic rings. The van der Waals surface area contributed by atoms with E-state index < -0.39 is 26.1 Å². The zero-order chi connectivity index (χ0) is 38.0. The van der Waals surface area contributed by atoms with Crippen molar-refractivity contribution in [2.45, 2.75) is 88.4 Å². The average Bonchev–Trinajstić information content (AvgIpc) is 3.58. The van der Waals surface area contributed by atoms with Gasteiger partial charge in [0.15, 0.2) is 11.5 Å². The molecule has 0 spiro atoms. The van der Waals surface area contributed by atoms with Crippen molar-refractivity contribution in [3.05, 3.63) is 112 Å². The maximum atomic E-state index is 14.9. The largest absolute Gasteiger partial charge is 0.489 e. The summed E-state index contributed by atoms with van der Waals surface area (Å²) < 4.78 is 73.2. The third kappa shape index (κ3) is 8.44. The van der Waals surface area contributed by atoms with Crippen LogP contribution in [0.1, 0.15) is 75.8 Å². The fourth-order valence-corrected chi connectivity index (χ4v) is 9.19. The van der Waals surface area contributed by atoms with Crippen molar-refractivity contribution in [3.63, 3.8) is 0 Å². The molecule has 0 atom stereocenters. The molecule has 0 aromatic heterocycles.